The lowest BCUT2D eigenvalue weighted by Gasteiger charge is -2.10. The molecule has 0 unspecified atom stereocenters. The van der Waals surface area contributed by atoms with Crippen LogP contribution < -0.4 is 10.5 Å². The molecule has 2 N–H and O–H groups in total. The van der Waals surface area contributed by atoms with Crippen LogP contribution in [0.15, 0.2) is 36.4 Å². The van der Waals surface area contributed by atoms with Gasteiger partial charge < -0.3 is 10.5 Å². The second kappa shape index (κ2) is 5.31. The van der Waals surface area contributed by atoms with Gasteiger partial charge in [0.1, 0.15) is 12.4 Å². The van der Waals surface area contributed by atoms with Gasteiger partial charge in [0.15, 0.2) is 0 Å². The number of nitrogen functional groups attached to an aromatic ring is 1. The maximum atomic E-state index is 6.11. The predicted molar refractivity (Wildman–Crippen MR) is 84.6 cm³/mol. The van der Waals surface area contributed by atoms with Crippen LogP contribution in [0.4, 0.5) is 5.69 Å². The van der Waals surface area contributed by atoms with E-state index in [0.29, 0.717) is 23.1 Å². The summed E-state index contributed by atoms with van der Waals surface area (Å²) in [6.07, 6.45) is 0. The Morgan fingerprint density at radius 2 is 2.10 bits per heavy atom. The van der Waals surface area contributed by atoms with Gasteiger partial charge in [-0.05, 0) is 19.1 Å². The third kappa shape index (κ3) is 2.57. The first-order valence-electron chi connectivity index (χ1n) is 6.16. The van der Waals surface area contributed by atoms with E-state index in [1.807, 2.05) is 43.3 Å². The fourth-order valence-electron chi connectivity index (χ4n) is 1.98. The average molecular weight is 305 g/mol. The molecule has 0 radical (unpaired) electrons. The van der Waals surface area contributed by atoms with E-state index in [-0.39, 0.29) is 0 Å². The van der Waals surface area contributed by atoms with Crippen molar-refractivity contribution in [2.75, 3.05) is 5.73 Å². The quantitative estimate of drug-likeness (QED) is 0.729. The summed E-state index contributed by atoms with van der Waals surface area (Å²) in [4.78, 5) is 4.44. The highest BCUT2D eigenvalue weighted by Gasteiger charge is 2.08. The maximum Gasteiger partial charge on any atom is 0.144 e. The molecule has 3 aromatic rings. The number of hydrogen-bond acceptors (Lipinski definition) is 4. The van der Waals surface area contributed by atoms with Gasteiger partial charge in [0.05, 0.1) is 20.9 Å². The number of halogens is 1. The lowest BCUT2D eigenvalue weighted by atomic mass is 10.2. The van der Waals surface area contributed by atoms with Crippen molar-refractivity contribution >= 4 is 38.8 Å². The molecule has 0 saturated heterocycles. The van der Waals surface area contributed by atoms with Crippen molar-refractivity contribution in [1.82, 2.24) is 4.98 Å². The van der Waals surface area contributed by atoms with Gasteiger partial charge in [0.2, 0.25) is 0 Å². The van der Waals surface area contributed by atoms with Gasteiger partial charge in [-0.3, -0.25) is 0 Å². The summed E-state index contributed by atoms with van der Waals surface area (Å²) in [6, 6.07) is 11.4. The number of nitrogens with two attached hydrogens (primary N) is 1. The van der Waals surface area contributed by atoms with E-state index in [1.54, 1.807) is 11.3 Å². The largest absolute Gasteiger partial charge is 0.487 e. The molecule has 0 saturated carbocycles. The van der Waals surface area contributed by atoms with Crippen LogP contribution in [-0.2, 0) is 6.61 Å². The average Bonchev–Trinajstić information content (AvgIpc) is 2.76. The minimum atomic E-state index is 0.387. The number of hydrogen-bond donors (Lipinski definition) is 1. The zero-order chi connectivity index (χ0) is 14.1. The van der Waals surface area contributed by atoms with E-state index in [2.05, 4.69) is 4.98 Å². The smallest absolute Gasteiger partial charge is 0.144 e. The molecule has 1 aromatic heterocycles. The van der Waals surface area contributed by atoms with Gasteiger partial charge in [-0.25, -0.2) is 4.98 Å². The first-order valence-corrected chi connectivity index (χ1v) is 7.36. The lowest BCUT2D eigenvalue weighted by Crippen LogP contribution is -1.99. The molecule has 102 valence electrons. The molecule has 0 aliphatic carbocycles. The van der Waals surface area contributed by atoms with Crippen LogP contribution in [0.3, 0.4) is 0 Å². The Morgan fingerprint density at radius 3 is 2.90 bits per heavy atom. The van der Waals surface area contributed by atoms with Crippen molar-refractivity contribution in [2.24, 2.45) is 0 Å². The molecule has 0 aliphatic heterocycles. The first-order chi connectivity index (χ1) is 9.63. The Bertz CT molecular complexity index is 770. The standard InChI is InChI=1S/C15H13ClN2OS/c1-9-18-13-7-14(12(17)6-15(13)20-9)19-8-10-4-2-3-5-11(10)16/h2-7H,8,17H2,1H3. The monoisotopic (exact) mass is 304 g/mol. The van der Waals surface area contributed by atoms with Crippen molar-refractivity contribution < 1.29 is 4.74 Å². The van der Waals surface area contributed by atoms with Crippen LogP contribution in [0, 0.1) is 6.92 Å². The SMILES string of the molecule is Cc1nc2cc(OCc3ccccc3Cl)c(N)cc2s1. The van der Waals surface area contributed by atoms with Gasteiger partial charge in [-0.15, -0.1) is 11.3 Å². The molecule has 3 rings (SSSR count). The number of benzene rings is 2. The van der Waals surface area contributed by atoms with E-state index in [9.17, 15) is 0 Å². The second-order valence-corrected chi connectivity index (χ2v) is 6.11. The van der Waals surface area contributed by atoms with E-state index < -0.39 is 0 Å². The molecule has 0 bridgehead atoms. The molecular weight excluding hydrogens is 292 g/mol. The van der Waals surface area contributed by atoms with E-state index in [4.69, 9.17) is 22.1 Å². The van der Waals surface area contributed by atoms with E-state index in [1.165, 1.54) is 0 Å². The fourth-order valence-corrected chi connectivity index (χ4v) is 3.03. The fraction of sp³-hybridized carbons (Fsp3) is 0.133. The minimum Gasteiger partial charge on any atom is -0.487 e. The summed E-state index contributed by atoms with van der Waals surface area (Å²) in [6.45, 7) is 2.36. The van der Waals surface area contributed by atoms with Crippen LogP contribution in [-0.4, -0.2) is 4.98 Å². The molecule has 3 nitrogen and oxygen atoms in total. The number of anilines is 1. The minimum absolute atomic E-state index is 0.387. The molecule has 2 aromatic carbocycles. The molecule has 0 spiro atoms. The predicted octanol–water partition coefficient (Wildman–Crippen LogP) is 4.42. The number of thiazole rings is 1. The number of rotatable bonds is 3. The number of aryl methyl sites for hydroxylation is 1. The van der Waals surface area contributed by atoms with Gasteiger partial charge >= 0.3 is 0 Å². The Balaban J connectivity index is 1.87. The third-order valence-electron chi connectivity index (χ3n) is 2.97. The van der Waals surface area contributed by atoms with E-state index >= 15 is 0 Å². The topological polar surface area (TPSA) is 48.1 Å². The summed E-state index contributed by atoms with van der Waals surface area (Å²) in [5.74, 6) is 0.641. The van der Waals surface area contributed by atoms with Crippen molar-refractivity contribution in [2.45, 2.75) is 13.5 Å². The first kappa shape index (κ1) is 13.2. The third-order valence-corrected chi connectivity index (χ3v) is 4.27. The molecule has 0 atom stereocenters. The van der Waals surface area contributed by atoms with Crippen LogP contribution in [0.5, 0.6) is 5.75 Å². The maximum absolute atomic E-state index is 6.11. The molecule has 1 heterocycles. The van der Waals surface area contributed by atoms with Crippen LogP contribution in [0.25, 0.3) is 10.2 Å². The summed E-state index contributed by atoms with van der Waals surface area (Å²) >= 11 is 7.73. The van der Waals surface area contributed by atoms with Gasteiger partial charge in [-0.2, -0.15) is 0 Å². The van der Waals surface area contributed by atoms with Crippen LogP contribution in [0.2, 0.25) is 5.02 Å². The molecular formula is C15H13ClN2OS. The Hall–Kier alpha value is -1.78. The lowest BCUT2D eigenvalue weighted by molar-refractivity contribution is 0.308. The zero-order valence-electron chi connectivity index (χ0n) is 10.9. The van der Waals surface area contributed by atoms with Crippen molar-refractivity contribution in [3.63, 3.8) is 0 Å². The highest BCUT2D eigenvalue weighted by molar-refractivity contribution is 7.18. The number of ether oxygens (including phenoxy) is 1. The Kier molecular flexibility index (Phi) is 3.51. The Labute approximate surface area is 126 Å². The van der Waals surface area contributed by atoms with Crippen molar-refractivity contribution in [3.8, 4) is 5.75 Å². The van der Waals surface area contributed by atoms with E-state index in [0.717, 1.165) is 20.8 Å². The highest BCUT2D eigenvalue weighted by atomic mass is 35.5. The summed E-state index contributed by atoms with van der Waals surface area (Å²) in [5, 5.41) is 1.71. The molecule has 0 aliphatic rings. The molecule has 5 heteroatoms. The summed E-state index contributed by atoms with van der Waals surface area (Å²) < 4.78 is 6.85. The van der Waals surface area contributed by atoms with Gasteiger partial charge in [-0.1, -0.05) is 29.8 Å². The second-order valence-electron chi connectivity index (χ2n) is 4.47. The Morgan fingerprint density at radius 1 is 1.30 bits per heavy atom. The normalized spacial score (nSPS) is 10.9. The molecule has 20 heavy (non-hydrogen) atoms. The zero-order valence-corrected chi connectivity index (χ0v) is 12.5. The number of aromatic nitrogens is 1. The van der Waals surface area contributed by atoms with Crippen LogP contribution >= 0.6 is 22.9 Å². The highest BCUT2D eigenvalue weighted by Crippen LogP contribution is 2.32. The number of fused-ring (bicyclic) bond motifs is 1. The summed E-state index contributed by atoms with van der Waals surface area (Å²) in [5.41, 5.74) is 8.48. The molecule has 0 amide bonds. The number of nitrogens with zero attached hydrogens (tertiary/aromatic N) is 1. The summed E-state index contributed by atoms with van der Waals surface area (Å²) in [7, 11) is 0. The van der Waals surface area contributed by atoms with Gasteiger partial charge in [0, 0.05) is 16.7 Å². The van der Waals surface area contributed by atoms with Crippen molar-refractivity contribution in [1.29, 1.82) is 0 Å². The van der Waals surface area contributed by atoms with Gasteiger partial charge in [0.25, 0.3) is 0 Å². The van der Waals surface area contributed by atoms with Crippen LogP contribution in [0.1, 0.15) is 10.6 Å². The van der Waals surface area contributed by atoms with Crippen molar-refractivity contribution in [3.05, 3.63) is 52.0 Å². The molecule has 0 fully saturated rings.